The van der Waals surface area contributed by atoms with Gasteiger partial charge in [0.2, 0.25) is 5.91 Å². The molecule has 0 fully saturated rings. The maximum atomic E-state index is 12.1. The Morgan fingerprint density at radius 2 is 2.16 bits per heavy atom. The fourth-order valence-electron chi connectivity index (χ4n) is 1.71. The molecule has 0 saturated heterocycles. The Balaban J connectivity index is 2.60. The number of aliphatic hydroxyl groups is 1. The molecular weight excluding hydrogens is 242 g/mol. The number of carbonyl (C=O) groups excluding carboxylic acids is 1. The average Bonchev–Trinajstić information content (AvgIpc) is 2.41. The summed E-state index contributed by atoms with van der Waals surface area (Å²) in [5.41, 5.74) is 1.03. The highest BCUT2D eigenvalue weighted by Gasteiger charge is 2.13. The molecule has 1 aromatic heterocycles. The van der Waals surface area contributed by atoms with Gasteiger partial charge in [-0.15, -0.1) is 0 Å². The maximum absolute atomic E-state index is 12.1. The van der Waals surface area contributed by atoms with E-state index in [0.717, 1.165) is 12.1 Å². The highest BCUT2D eigenvalue weighted by atomic mass is 16.3. The molecule has 0 aromatic carbocycles. The number of carbonyl (C=O) groups is 1. The molecule has 0 atom stereocenters. The number of hydrogen-bond acceptors (Lipinski definition) is 4. The van der Waals surface area contributed by atoms with E-state index in [0.29, 0.717) is 25.9 Å². The van der Waals surface area contributed by atoms with E-state index >= 15 is 0 Å². The molecule has 0 aliphatic heterocycles. The number of aromatic nitrogens is 1. The van der Waals surface area contributed by atoms with E-state index in [2.05, 4.69) is 9.88 Å². The maximum Gasteiger partial charge on any atom is 0.222 e. The van der Waals surface area contributed by atoms with Crippen LogP contribution in [0, 0.1) is 0 Å². The highest BCUT2D eigenvalue weighted by molar-refractivity contribution is 5.76. The molecule has 1 amide bonds. The number of amides is 1. The van der Waals surface area contributed by atoms with Gasteiger partial charge in [-0.2, -0.15) is 0 Å². The Hall–Kier alpha value is -1.46. The minimum Gasteiger partial charge on any atom is -0.396 e. The standard InChI is InChI=1S/C14H23N3O2/c1-16(2)8-9-17(14(19)6-4-10-18)12-13-5-3-7-15-11-13/h3,5,7,11,18H,4,6,8-10,12H2,1-2H3. The minimum atomic E-state index is 0.0557. The second kappa shape index (κ2) is 8.61. The van der Waals surface area contributed by atoms with Crippen LogP contribution in [0.2, 0.25) is 0 Å². The van der Waals surface area contributed by atoms with Gasteiger partial charge in [-0.25, -0.2) is 0 Å². The zero-order valence-corrected chi connectivity index (χ0v) is 11.7. The van der Waals surface area contributed by atoms with Crippen LogP contribution in [-0.2, 0) is 11.3 Å². The van der Waals surface area contributed by atoms with Gasteiger partial charge in [0.15, 0.2) is 0 Å². The van der Waals surface area contributed by atoms with Crippen LogP contribution in [0.5, 0.6) is 0 Å². The lowest BCUT2D eigenvalue weighted by atomic mass is 10.2. The number of aliphatic hydroxyl groups excluding tert-OH is 1. The van der Waals surface area contributed by atoms with Gasteiger partial charge in [0, 0.05) is 45.1 Å². The normalized spacial score (nSPS) is 10.7. The van der Waals surface area contributed by atoms with E-state index in [1.54, 1.807) is 12.4 Å². The predicted octanol–water partition coefficient (Wildman–Crippen LogP) is 0.744. The van der Waals surface area contributed by atoms with Crippen LogP contribution < -0.4 is 0 Å². The molecule has 0 spiro atoms. The van der Waals surface area contributed by atoms with Crippen molar-refractivity contribution in [1.82, 2.24) is 14.8 Å². The molecule has 19 heavy (non-hydrogen) atoms. The van der Waals surface area contributed by atoms with Crippen molar-refractivity contribution in [3.8, 4) is 0 Å². The van der Waals surface area contributed by atoms with Gasteiger partial charge in [0.05, 0.1) is 0 Å². The average molecular weight is 265 g/mol. The first kappa shape index (κ1) is 15.6. The van der Waals surface area contributed by atoms with Crippen LogP contribution in [0.25, 0.3) is 0 Å². The Morgan fingerprint density at radius 1 is 1.37 bits per heavy atom. The van der Waals surface area contributed by atoms with Gasteiger partial charge in [0.1, 0.15) is 0 Å². The Kier molecular flexibility index (Phi) is 7.07. The van der Waals surface area contributed by atoms with Crippen LogP contribution in [-0.4, -0.2) is 59.6 Å². The summed E-state index contributed by atoms with van der Waals surface area (Å²) >= 11 is 0. The molecule has 5 heteroatoms. The van der Waals surface area contributed by atoms with Crippen molar-refractivity contribution < 1.29 is 9.90 Å². The smallest absolute Gasteiger partial charge is 0.222 e. The topological polar surface area (TPSA) is 56.7 Å². The molecule has 1 aromatic rings. The SMILES string of the molecule is CN(C)CCN(Cc1cccnc1)C(=O)CCCO. The minimum absolute atomic E-state index is 0.0557. The van der Waals surface area contributed by atoms with Gasteiger partial charge < -0.3 is 14.9 Å². The quantitative estimate of drug-likeness (QED) is 0.753. The van der Waals surface area contributed by atoms with Crippen LogP contribution in [0.1, 0.15) is 18.4 Å². The number of hydrogen-bond donors (Lipinski definition) is 1. The molecule has 0 aliphatic rings. The number of rotatable bonds is 8. The fourth-order valence-corrected chi connectivity index (χ4v) is 1.71. The number of likely N-dealkylation sites (N-methyl/N-ethyl adjacent to an activating group) is 1. The molecular formula is C14H23N3O2. The first-order valence-corrected chi connectivity index (χ1v) is 6.55. The van der Waals surface area contributed by atoms with Gasteiger partial charge in [-0.3, -0.25) is 9.78 Å². The second-order valence-corrected chi connectivity index (χ2v) is 4.81. The summed E-state index contributed by atoms with van der Waals surface area (Å²) in [4.78, 5) is 20.0. The molecule has 1 rings (SSSR count). The summed E-state index contributed by atoms with van der Waals surface area (Å²) in [5.74, 6) is 0.0831. The van der Waals surface area contributed by atoms with Crippen LogP contribution in [0.4, 0.5) is 0 Å². The van der Waals surface area contributed by atoms with Crippen molar-refractivity contribution in [2.24, 2.45) is 0 Å². The van der Waals surface area contributed by atoms with Gasteiger partial charge >= 0.3 is 0 Å². The lowest BCUT2D eigenvalue weighted by molar-refractivity contribution is -0.132. The predicted molar refractivity (Wildman–Crippen MR) is 74.5 cm³/mol. The van der Waals surface area contributed by atoms with Gasteiger partial charge in [-0.05, 0) is 32.1 Å². The van der Waals surface area contributed by atoms with Crippen LogP contribution >= 0.6 is 0 Å². The lowest BCUT2D eigenvalue weighted by Gasteiger charge is -2.24. The van der Waals surface area contributed by atoms with E-state index in [-0.39, 0.29) is 12.5 Å². The first-order valence-electron chi connectivity index (χ1n) is 6.55. The van der Waals surface area contributed by atoms with Crippen molar-refractivity contribution in [2.75, 3.05) is 33.8 Å². The zero-order chi connectivity index (χ0) is 14.1. The number of nitrogens with zero attached hydrogens (tertiary/aromatic N) is 3. The third-order valence-corrected chi connectivity index (χ3v) is 2.81. The molecule has 106 valence electrons. The summed E-state index contributed by atoms with van der Waals surface area (Å²) < 4.78 is 0. The van der Waals surface area contributed by atoms with Gasteiger partial charge in [-0.1, -0.05) is 6.07 Å². The Labute approximate surface area is 114 Å². The van der Waals surface area contributed by atoms with Crippen molar-refractivity contribution in [1.29, 1.82) is 0 Å². The van der Waals surface area contributed by atoms with Crippen molar-refractivity contribution in [3.63, 3.8) is 0 Å². The summed E-state index contributed by atoms with van der Waals surface area (Å²) in [7, 11) is 3.97. The van der Waals surface area contributed by atoms with E-state index in [1.165, 1.54) is 0 Å². The Bertz CT molecular complexity index is 368. The highest BCUT2D eigenvalue weighted by Crippen LogP contribution is 2.06. The third-order valence-electron chi connectivity index (χ3n) is 2.81. The molecule has 0 unspecified atom stereocenters. The molecule has 0 aliphatic carbocycles. The van der Waals surface area contributed by atoms with Crippen molar-refractivity contribution >= 4 is 5.91 Å². The fraction of sp³-hybridized carbons (Fsp3) is 0.571. The summed E-state index contributed by atoms with van der Waals surface area (Å²) in [6.07, 6.45) is 4.41. The Morgan fingerprint density at radius 3 is 2.74 bits per heavy atom. The molecule has 1 heterocycles. The van der Waals surface area contributed by atoms with E-state index in [4.69, 9.17) is 5.11 Å². The monoisotopic (exact) mass is 265 g/mol. The van der Waals surface area contributed by atoms with E-state index in [1.807, 2.05) is 31.1 Å². The first-order chi connectivity index (χ1) is 9.13. The largest absolute Gasteiger partial charge is 0.396 e. The summed E-state index contributed by atoms with van der Waals surface area (Å²) in [5, 5.41) is 8.82. The van der Waals surface area contributed by atoms with Gasteiger partial charge in [0.25, 0.3) is 0 Å². The molecule has 0 bridgehead atoms. The third kappa shape index (κ3) is 6.31. The second-order valence-electron chi connectivity index (χ2n) is 4.81. The molecule has 0 radical (unpaired) electrons. The molecule has 0 saturated carbocycles. The van der Waals surface area contributed by atoms with Crippen molar-refractivity contribution in [3.05, 3.63) is 30.1 Å². The van der Waals surface area contributed by atoms with Crippen molar-refractivity contribution in [2.45, 2.75) is 19.4 Å². The van der Waals surface area contributed by atoms with E-state index < -0.39 is 0 Å². The lowest BCUT2D eigenvalue weighted by Crippen LogP contribution is -2.36. The zero-order valence-electron chi connectivity index (χ0n) is 11.7. The summed E-state index contributed by atoms with van der Waals surface area (Å²) in [6, 6.07) is 3.84. The van der Waals surface area contributed by atoms with E-state index in [9.17, 15) is 4.79 Å². The molecule has 1 N–H and O–H groups in total. The number of pyridine rings is 1. The summed E-state index contributed by atoms with van der Waals surface area (Å²) in [6.45, 7) is 2.14. The molecule has 5 nitrogen and oxygen atoms in total. The van der Waals surface area contributed by atoms with Crippen LogP contribution in [0.15, 0.2) is 24.5 Å². The van der Waals surface area contributed by atoms with Crippen LogP contribution in [0.3, 0.4) is 0 Å².